The second-order valence-electron chi connectivity index (χ2n) is 7.37. The van der Waals surface area contributed by atoms with Crippen LogP contribution in [0.4, 0.5) is 4.79 Å². The zero-order chi connectivity index (χ0) is 17.1. The van der Waals surface area contributed by atoms with Gasteiger partial charge in [-0.3, -0.25) is 9.59 Å². The molecule has 2 aliphatic rings. The Hall–Kier alpha value is -0.280. The van der Waals surface area contributed by atoms with Crippen LogP contribution in [0.3, 0.4) is 0 Å². The minimum absolute atomic E-state index is 0. The van der Waals surface area contributed by atoms with Crippen LogP contribution >= 0.6 is 10.0 Å². The maximum atomic E-state index is 12.9. The zero-order valence-corrected chi connectivity index (χ0v) is 17.3. The molecular formula is C14H23N2NaO5S. The Bertz CT molecular complexity index is 548. The second kappa shape index (κ2) is 6.22. The third-order valence-electron chi connectivity index (χ3n) is 4.52. The average molecular weight is 354 g/mol. The van der Waals surface area contributed by atoms with E-state index in [4.69, 9.17) is 0 Å². The van der Waals surface area contributed by atoms with Crippen molar-refractivity contribution in [2.45, 2.75) is 62.7 Å². The molecule has 2 aliphatic heterocycles. The van der Waals surface area contributed by atoms with Crippen LogP contribution in [0.25, 0.3) is 0 Å². The quantitative estimate of drug-likeness (QED) is 0.399. The van der Waals surface area contributed by atoms with Crippen molar-refractivity contribution in [1.82, 2.24) is 10.2 Å². The Morgan fingerprint density at radius 2 is 1.96 bits per heavy atom. The molecule has 2 rings (SSSR count). The molecule has 0 aliphatic carbocycles. The number of carbonyl (C=O) groups is 3. The first-order valence-corrected chi connectivity index (χ1v) is 9.01. The number of aliphatic hydroxyl groups excluding tert-OH is 1. The van der Waals surface area contributed by atoms with E-state index in [9.17, 15) is 24.6 Å². The number of aliphatic carboxylic acids is 1. The van der Waals surface area contributed by atoms with E-state index in [-0.39, 0.29) is 47.1 Å². The molecule has 7 nitrogen and oxygen atoms in total. The smallest absolute Gasteiger partial charge is 0.548 e. The average Bonchev–Trinajstić information content (AvgIpc) is 2.49. The normalized spacial score (nSPS) is 34.5. The molecule has 2 saturated heterocycles. The van der Waals surface area contributed by atoms with E-state index in [0.29, 0.717) is 0 Å². The number of hydrogen-bond donors (Lipinski definition) is 2. The van der Waals surface area contributed by atoms with Crippen LogP contribution in [-0.2, 0) is 9.59 Å². The largest absolute Gasteiger partial charge is 1.00 e. The Kier molecular flexibility index (Phi) is 5.62. The third-order valence-corrected chi connectivity index (χ3v) is 9.12. The van der Waals surface area contributed by atoms with Crippen LogP contribution < -0.4 is 40.0 Å². The van der Waals surface area contributed by atoms with E-state index in [2.05, 4.69) is 5.32 Å². The standard InChI is InChI=1S/C14H24N2O5S.Na/c1-13(2,3)15-12(21)22(7-17)9-6-8(18)16(9)10(11(19)20)14(22,4)5;/h9-10,17H,6-7H2,1-5H3,(H,15,21)(H,19,20);/q;+1/p-1/t9-,10+;/m1./s1. The molecule has 2 amide bonds. The van der Waals surface area contributed by atoms with Gasteiger partial charge in [-0.05, 0) is 34.6 Å². The summed E-state index contributed by atoms with van der Waals surface area (Å²) in [6.45, 7) is 8.71. The summed E-state index contributed by atoms with van der Waals surface area (Å²) in [6, 6.07) is -1.19. The molecule has 0 aromatic rings. The van der Waals surface area contributed by atoms with Gasteiger partial charge in [0.25, 0.3) is 5.24 Å². The van der Waals surface area contributed by atoms with E-state index >= 15 is 0 Å². The van der Waals surface area contributed by atoms with Crippen LogP contribution in [-0.4, -0.2) is 54.8 Å². The topological polar surface area (TPSA) is 110 Å². The first-order chi connectivity index (χ1) is 9.90. The number of β-lactam (4-membered cyclic amide) rings is 1. The molecule has 9 heteroatoms. The fourth-order valence-corrected chi connectivity index (χ4v) is 7.60. The Balaban J connectivity index is 0.00000264. The summed E-state index contributed by atoms with van der Waals surface area (Å²) in [5.74, 6) is -2.13. The Morgan fingerprint density at radius 3 is 2.26 bits per heavy atom. The molecule has 0 aromatic heterocycles. The Labute approximate surface area is 159 Å². The van der Waals surface area contributed by atoms with E-state index in [0.717, 1.165) is 0 Å². The molecule has 0 spiro atoms. The molecule has 0 radical (unpaired) electrons. The molecule has 1 unspecified atom stereocenters. The molecule has 2 heterocycles. The van der Waals surface area contributed by atoms with Gasteiger partial charge >= 0.3 is 29.6 Å². The van der Waals surface area contributed by atoms with Gasteiger partial charge in [-0.15, -0.1) is 10.0 Å². The zero-order valence-electron chi connectivity index (χ0n) is 14.5. The third kappa shape index (κ3) is 2.82. The predicted molar refractivity (Wildman–Crippen MR) is 81.1 cm³/mol. The molecule has 2 fully saturated rings. The fourth-order valence-electron chi connectivity index (χ4n) is 3.40. The number of hydrogen-bond acceptors (Lipinski definition) is 5. The van der Waals surface area contributed by atoms with Crippen molar-refractivity contribution in [3.63, 3.8) is 0 Å². The number of amides is 2. The molecule has 0 saturated carbocycles. The van der Waals surface area contributed by atoms with Crippen molar-refractivity contribution >= 4 is 27.1 Å². The minimum Gasteiger partial charge on any atom is -0.548 e. The van der Waals surface area contributed by atoms with Crippen LogP contribution in [0.2, 0.25) is 0 Å². The summed E-state index contributed by atoms with van der Waals surface area (Å²) in [5.41, 5.74) is -0.513. The summed E-state index contributed by atoms with van der Waals surface area (Å²) >= 11 is 0. The van der Waals surface area contributed by atoms with Gasteiger partial charge in [0.2, 0.25) is 5.91 Å². The summed E-state index contributed by atoms with van der Waals surface area (Å²) in [4.78, 5) is 37.6. The first-order valence-electron chi connectivity index (χ1n) is 7.14. The van der Waals surface area contributed by atoms with Crippen molar-refractivity contribution < 1.29 is 54.2 Å². The summed E-state index contributed by atoms with van der Waals surface area (Å²) < 4.78 is -1.06. The molecule has 23 heavy (non-hydrogen) atoms. The monoisotopic (exact) mass is 354 g/mol. The molecule has 0 bridgehead atoms. The van der Waals surface area contributed by atoms with Crippen molar-refractivity contribution in [2.75, 3.05) is 5.94 Å². The van der Waals surface area contributed by atoms with Gasteiger partial charge in [-0.25, -0.2) is 0 Å². The van der Waals surface area contributed by atoms with Crippen molar-refractivity contribution in [3.05, 3.63) is 0 Å². The van der Waals surface area contributed by atoms with Crippen LogP contribution in [0.5, 0.6) is 0 Å². The van der Waals surface area contributed by atoms with Crippen LogP contribution in [0, 0.1) is 0 Å². The molecular weight excluding hydrogens is 331 g/mol. The maximum absolute atomic E-state index is 12.9. The molecule has 0 aromatic carbocycles. The number of carboxylic acid groups (broad SMARTS) is 1. The number of carbonyl (C=O) groups excluding carboxylic acids is 3. The summed E-state index contributed by atoms with van der Waals surface area (Å²) in [6.07, 6.45) is 0.0979. The van der Waals surface area contributed by atoms with E-state index in [1.54, 1.807) is 13.8 Å². The van der Waals surface area contributed by atoms with Crippen molar-refractivity contribution in [1.29, 1.82) is 0 Å². The number of fused-ring (bicyclic) bond motifs is 1. The second-order valence-corrected chi connectivity index (χ2v) is 11.2. The molecule has 3 atom stereocenters. The van der Waals surface area contributed by atoms with E-state index in [1.807, 2.05) is 20.8 Å². The number of aliphatic hydroxyl groups is 1. The number of nitrogens with one attached hydrogen (secondary N) is 1. The maximum Gasteiger partial charge on any atom is 1.00 e. The number of rotatable bonds is 2. The molecule has 2 N–H and O–H groups in total. The number of carboxylic acids is 1. The van der Waals surface area contributed by atoms with Gasteiger partial charge in [0.05, 0.1) is 29.7 Å². The minimum atomic E-state index is -2.47. The summed E-state index contributed by atoms with van der Waals surface area (Å²) in [7, 11) is -2.47. The van der Waals surface area contributed by atoms with Crippen molar-refractivity contribution in [2.24, 2.45) is 0 Å². The van der Waals surface area contributed by atoms with E-state index < -0.39 is 43.6 Å². The van der Waals surface area contributed by atoms with Gasteiger partial charge in [-0.1, -0.05) is 0 Å². The van der Waals surface area contributed by atoms with Gasteiger partial charge in [-0.2, -0.15) is 0 Å². The van der Waals surface area contributed by atoms with Gasteiger partial charge < -0.3 is 25.2 Å². The van der Waals surface area contributed by atoms with Gasteiger partial charge in [0.15, 0.2) is 0 Å². The van der Waals surface area contributed by atoms with Gasteiger partial charge in [0.1, 0.15) is 0 Å². The van der Waals surface area contributed by atoms with Crippen molar-refractivity contribution in [3.8, 4) is 0 Å². The van der Waals surface area contributed by atoms with Gasteiger partial charge in [0, 0.05) is 10.3 Å². The van der Waals surface area contributed by atoms with Crippen LogP contribution in [0.1, 0.15) is 41.0 Å². The summed E-state index contributed by atoms with van der Waals surface area (Å²) in [5, 5.41) is 23.6. The number of nitrogens with zero attached hydrogens (tertiary/aromatic N) is 1. The SMILES string of the molecule is CC(C)(C)NC(=O)S1(CO)[C@@H]2CC(=O)N2[C@@H](C(=O)[O-])C1(C)C.[Na+]. The van der Waals surface area contributed by atoms with E-state index in [1.165, 1.54) is 4.90 Å². The Morgan fingerprint density at radius 1 is 1.43 bits per heavy atom. The van der Waals surface area contributed by atoms with Crippen LogP contribution in [0.15, 0.2) is 0 Å². The fraction of sp³-hybridized carbons (Fsp3) is 0.786. The first kappa shape index (κ1) is 20.8. The molecule has 126 valence electrons. The predicted octanol–water partition coefficient (Wildman–Crippen LogP) is -3.28.